The van der Waals surface area contributed by atoms with Crippen molar-refractivity contribution in [1.29, 1.82) is 0 Å². The molecule has 1 rings (SSSR count). The molecule has 0 bridgehead atoms. The third-order valence-electron chi connectivity index (χ3n) is 2.49. The second kappa shape index (κ2) is 6.19. The molecule has 0 heterocycles. The van der Waals surface area contributed by atoms with Gasteiger partial charge in [0.2, 0.25) is 0 Å². The minimum atomic E-state index is -5.75. The number of alkyl halides is 5. The Balaban J connectivity index is 2.92. The first kappa shape index (κ1) is 17.1. The zero-order chi connectivity index (χ0) is 15.4. The molecule has 0 N–H and O–H groups in total. The van der Waals surface area contributed by atoms with Crippen LogP contribution in [-0.2, 0) is 14.9 Å². The van der Waals surface area contributed by atoms with Crippen molar-refractivity contribution in [2.24, 2.45) is 0 Å². The number of benzene rings is 1. The molecule has 0 aliphatic heterocycles. The van der Waals surface area contributed by atoms with Gasteiger partial charge in [0.15, 0.2) is 0 Å². The molecule has 0 saturated heterocycles. The quantitative estimate of drug-likeness (QED) is 0.582. The molecule has 1 aromatic rings. The van der Waals surface area contributed by atoms with Gasteiger partial charge in [0.25, 0.3) is 0 Å². The topological polar surface area (TPSA) is 18.5 Å². The van der Waals surface area contributed by atoms with Crippen LogP contribution in [0.2, 0.25) is 6.55 Å². The highest BCUT2D eigenvalue weighted by Crippen LogP contribution is 2.39. The highest BCUT2D eigenvalue weighted by Gasteiger charge is 2.62. The lowest BCUT2D eigenvalue weighted by Crippen LogP contribution is -2.52. The number of rotatable bonds is 6. The van der Waals surface area contributed by atoms with Crippen LogP contribution in [0.3, 0.4) is 0 Å². The maximum Gasteiger partial charge on any atom is 0.481 e. The molecule has 0 radical (unpaired) electrons. The minimum Gasteiger partial charge on any atom is -0.394 e. The van der Waals surface area contributed by atoms with Crippen molar-refractivity contribution in [3.8, 4) is 0 Å². The Morgan fingerprint density at radius 2 is 1.60 bits per heavy atom. The summed E-state index contributed by atoms with van der Waals surface area (Å²) in [5, 5.41) is 0. The van der Waals surface area contributed by atoms with Crippen LogP contribution in [0.5, 0.6) is 0 Å². The monoisotopic (exact) mass is 314 g/mol. The smallest absolute Gasteiger partial charge is 0.394 e. The summed E-state index contributed by atoms with van der Waals surface area (Å²) < 4.78 is 72.0. The average Bonchev–Trinajstić information content (AvgIpc) is 2.27. The van der Waals surface area contributed by atoms with Gasteiger partial charge in [-0.05, 0) is 19.0 Å². The molecule has 1 unspecified atom stereocenters. The van der Waals surface area contributed by atoms with Gasteiger partial charge in [-0.2, -0.15) is 22.0 Å². The molecule has 1 atom stereocenters. The van der Waals surface area contributed by atoms with E-state index in [2.05, 4.69) is 4.43 Å². The van der Waals surface area contributed by atoms with Crippen LogP contribution in [0.25, 0.3) is 0 Å². The molecule has 0 fully saturated rings. The number of halogens is 5. The van der Waals surface area contributed by atoms with Gasteiger partial charge in [-0.1, -0.05) is 30.3 Å². The van der Waals surface area contributed by atoms with Crippen LogP contribution in [0.1, 0.15) is 12.5 Å². The molecule has 0 aliphatic carbocycles. The van der Waals surface area contributed by atoms with Crippen molar-refractivity contribution in [3.05, 3.63) is 35.9 Å². The standard InChI is InChI=1S/C12H15F5O2Si/c1-3-18-20(2,9-10-7-5-4-6-8-10)19-12(16,17)11(13,14)15/h4-8H,3,9H2,1-2H3. The fourth-order valence-electron chi connectivity index (χ4n) is 1.72. The maximum atomic E-state index is 13.1. The van der Waals surface area contributed by atoms with Gasteiger partial charge in [0, 0.05) is 12.7 Å². The minimum absolute atomic E-state index is 0.00347. The van der Waals surface area contributed by atoms with Crippen molar-refractivity contribution >= 4 is 8.56 Å². The van der Waals surface area contributed by atoms with Crippen molar-refractivity contribution in [1.82, 2.24) is 0 Å². The lowest BCUT2D eigenvalue weighted by Gasteiger charge is -2.31. The molecule has 1 aromatic carbocycles. The fourth-order valence-corrected chi connectivity index (χ4v) is 4.20. The second-order valence-corrected chi connectivity index (χ2v) is 7.46. The van der Waals surface area contributed by atoms with Crippen LogP contribution < -0.4 is 0 Å². The first-order valence-electron chi connectivity index (χ1n) is 5.92. The van der Waals surface area contributed by atoms with Crippen LogP contribution in [0.4, 0.5) is 22.0 Å². The Morgan fingerprint density at radius 3 is 2.05 bits per heavy atom. The van der Waals surface area contributed by atoms with Crippen molar-refractivity contribution in [2.45, 2.75) is 31.8 Å². The van der Waals surface area contributed by atoms with Crippen LogP contribution >= 0.6 is 0 Å². The summed E-state index contributed by atoms with van der Waals surface area (Å²) >= 11 is 0. The summed E-state index contributed by atoms with van der Waals surface area (Å²) in [7, 11) is -3.71. The Hall–Kier alpha value is -0.993. The lowest BCUT2D eigenvalue weighted by atomic mass is 10.2. The fraction of sp³-hybridized carbons (Fsp3) is 0.500. The molecule has 0 spiro atoms. The molecular weight excluding hydrogens is 299 g/mol. The number of hydrogen-bond acceptors (Lipinski definition) is 2. The van der Waals surface area contributed by atoms with Crippen molar-refractivity contribution in [2.75, 3.05) is 6.61 Å². The van der Waals surface area contributed by atoms with E-state index in [1.54, 1.807) is 30.3 Å². The van der Waals surface area contributed by atoms with E-state index in [9.17, 15) is 22.0 Å². The Labute approximate surface area is 114 Å². The molecule has 114 valence electrons. The second-order valence-electron chi connectivity index (χ2n) is 4.35. The van der Waals surface area contributed by atoms with E-state index in [4.69, 9.17) is 4.43 Å². The van der Waals surface area contributed by atoms with E-state index >= 15 is 0 Å². The van der Waals surface area contributed by atoms with Crippen LogP contribution in [-0.4, -0.2) is 27.5 Å². The van der Waals surface area contributed by atoms with E-state index < -0.39 is 20.8 Å². The van der Waals surface area contributed by atoms with E-state index in [1.165, 1.54) is 13.5 Å². The Bertz CT molecular complexity index is 424. The van der Waals surface area contributed by atoms with Gasteiger partial charge in [-0.25, -0.2) is 0 Å². The van der Waals surface area contributed by atoms with E-state index in [-0.39, 0.29) is 12.7 Å². The average molecular weight is 314 g/mol. The van der Waals surface area contributed by atoms with Gasteiger partial charge in [0.1, 0.15) is 0 Å². The molecule has 2 nitrogen and oxygen atoms in total. The van der Waals surface area contributed by atoms with Gasteiger partial charge in [0.05, 0.1) is 0 Å². The third kappa shape index (κ3) is 4.53. The number of hydrogen-bond donors (Lipinski definition) is 0. The lowest BCUT2D eigenvalue weighted by molar-refractivity contribution is -0.368. The largest absolute Gasteiger partial charge is 0.481 e. The van der Waals surface area contributed by atoms with Gasteiger partial charge < -0.3 is 8.85 Å². The molecule has 0 aromatic heterocycles. The van der Waals surface area contributed by atoms with E-state index in [0.717, 1.165) is 0 Å². The van der Waals surface area contributed by atoms with Gasteiger partial charge in [-0.3, -0.25) is 0 Å². The molecule has 0 aliphatic rings. The molecule has 8 heteroatoms. The zero-order valence-electron chi connectivity index (χ0n) is 11.0. The molecule has 0 saturated carbocycles. The summed E-state index contributed by atoms with van der Waals surface area (Å²) in [6.45, 7) is 2.72. The maximum absolute atomic E-state index is 13.1. The zero-order valence-corrected chi connectivity index (χ0v) is 12.0. The summed E-state index contributed by atoms with van der Waals surface area (Å²) in [6.07, 6.45) is -11.0. The summed E-state index contributed by atoms with van der Waals surface area (Å²) in [5.41, 5.74) is 0.591. The predicted molar refractivity (Wildman–Crippen MR) is 65.5 cm³/mol. The van der Waals surface area contributed by atoms with Gasteiger partial charge in [-0.15, -0.1) is 0 Å². The summed E-state index contributed by atoms with van der Waals surface area (Å²) in [5.74, 6) is 0. The van der Waals surface area contributed by atoms with Crippen molar-refractivity contribution < 1.29 is 30.8 Å². The normalized spacial score (nSPS) is 15.9. The SMILES string of the molecule is CCO[Si](C)(Cc1ccccc1)OC(F)(F)C(F)(F)F. The third-order valence-corrected chi connectivity index (χ3v) is 5.13. The molecule has 20 heavy (non-hydrogen) atoms. The summed E-state index contributed by atoms with van der Waals surface area (Å²) in [4.78, 5) is 0. The van der Waals surface area contributed by atoms with Crippen LogP contribution in [0, 0.1) is 0 Å². The van der Waals surface area contributed by atoms with E-state index in [1.807, 2.05) is 0 Å². The first-order valence-corrected chi connectivity index (χ1v) is 8.44. The first-order chi connectivity index (χ1) is 9.10. The Morgan fingerprint density at radius 1 is 1.05 bits per heavy atom. The summed E-state index contributed by atoms with van der Waals surface area (Å²) in [6, 6.07) is 8.20. The van der Waals surface area contributed by atoms with Gasteiger partial charge >= 0.3 is 20.8 Å². The van der Waals surface area contributed by atoms with E-state index in [0.29, 0.717) is 5.56 Å². The molecule has 0 amide bonds. The molecular formula is C12H15F5O2Si. The predicted octanol–water partition coefficient (Wildman–Crippen LogP) is 4.05. The Kier molecular flexibility index (Phi) is 5.28. The highest BCUT2D eigenvalue weighted by molar-refractivity contribution is 6.65. The van der Waals surface area contributed by atoms with Crippen molar-refractivity contribution in [3.63, 3.8) is 0 Å². The van der Waals surface area contributed by atoms with Crippen LogP contribution in [0.15, 0.2) is 30.3 Å². The highest BCUT2D eigenvalue weighted by atomic mass is 28.4.